The van der Waals surface area contributed by atoms with E-state index in [1.54, 1.807) is 0 Å². The Labute approximate surface area is 240 Å². The van der Waals surface area contributed by atoms with Gasteiger partial charge in [0.05, 0.1) is 36.9 Å². The van der Waals surface area contributed by atoms with Crippen LogP contribution in [0.25, 0.3) is 0 Å². The van der Waals surface area contributed by atoms with E-state index in [1.807, 2.05) is 27.7 Å². The molecule has 2 rings (SSSR count). The fourth-order valence-corrected chi connectivity index (χ4v) is 4.91. The molecule has 0 heterocycles. The van der Waals surface area contributed by atoms with Gasteiger partial charge in [0.25, 0.3) is 0 Å². The molecule has 0 spiro atoms. The van der Waals surface area contributed by atoms with Crippen molar-refractivity contribution in [1.82, 2.24) is 10.6 Å². The molecular weight excluding hydrogens is 512 g/mol. The van der Waals surface area contributed by atoms with E-state index in [9.17, 15) is 19.2 Å². The zero-order valence-corrected chi connectivity index (χ0v) is 25.2. The summed E-state index contributed by atoms with van der Waals surface area (Å²) >= 11 is 0. The largest absolute Gasteiger partial charge is 0.380 e. The number of hydrogen-bond donors (Lipinski definition) is 2. The van der Waals surface area contributed by atoms with Gasteiger partial charge in [0.15, 0.2) is 11.6 Å². The molecule has 0 saturated heterocycles. The molecule has 40 heavy (non-hydrogen) atoms. The number of carbonyl (C=O) groups excluding carboxylic acids is 4. The Kier molecular flexibility index (Phi) is 15.1. The average molecular weight is 565 g/mol. The molecule has 0 aromatic heterocycles. The predicted molar refractivity (Wildman–Crippen MR) is 154 cm³/mol. The molecule has 9 heteroatoms. The molecule has 2 aliphatic rings. The van der Waals surface area contributed by atoms with Crippen LogP contribution in [0.15, 0.2) is 12.2 Å². The maximum Gasteiger partial charge on any atom is 0.222 e. The van der Waals surface area contributed by atoms with Crippen molar-refractivity contribution in [3.8, 4) is 0 Å². The van der Waals surface area contributed by atoms with Crippen LogP contribution >= 0.6 is 0 Å². The topological polar surface area (TPSA) is 120 Å². The first kappa shape index (κ1) is 34.1. The highest BCUT2D eigenvalue weighted by Gasteiger charge is 2.28. The van der Waals surface area contributed by atoms with Gasteiger partial charge in [-0.2, -0.15) is 0 Å². The second-order valence-corrected chi connectivity index (χ2v) is 12.3. The van der Waals surface area contributed by atoms with Crippen LogP contribution in [0.1, 0.15) is 105 Å². The van der Waals surface area contributed by atoms with E-state index in [2.05, 4.69) is 10.6 Å². The molecule has 2 aliphatic carbocycles. The van der Waals surface area contributed by atoms with Crippen molar-refractivity contribution >= 4 is 23.4 Å². The third-order valence-corrected chi connectivity index (χ3v) is 7.66. The average Bonchev–Trinajstić information content (AvgIpc) is 3.18. The normalized spacial score (nSPS) is 17.6. The van der Waals surface area contributed by atoms with Gasteiger partial charge >= 0.3 is 0 Å². The lowest BCUT2D eigenvalue weighted by Gasteiger charge is -2.30. The first-order chi connectivity index (χ1) is 19.0. The summed E-state index contributed by atoms with van der Waals surface area (Å²) in [6.45, 7) is 10.3. The fourth-order valence-electron chi connectivity index (χ4n) is 4.91. The van der Waals surface area contributed by atoms with Crippen molar-refractivity contribution in [2.24, 2.45) is 5.92 Å². The van der Waals surface area contributed by atoms with Gasteiger partial charge in [0.2, 0.25) is 11.8 Å². The Hall–Kier alpha value is -2.10. The van der Waals surface area contributed by atoms with Crippen LogP contribution in [0.4, 0.5) is 0 Å². The van der Waals surface area contributed by atoms with Crippen LogP contribution in [-0.4, -0.2) is 73.6 Å². The van der Waals surface area contributed by atoms with E-state index in [1.165, 1.54) is 44.3 Å². The summed E-state index contributed by atoms with van der Waals surface area (Å²) in [4.78, 5) is 47.5. The first-order valence-electron chi connectivity index (χ1n) is 15.1. The summed E-state index contributed by atoms with van der Waals surface area (Å²) < 4.78 is 17.7. The lowest BCUT2D eigenvalue weighted by Crippen LogP contribution is -2.37. The van der Waals surface area contributed by atoms with Crippen LogP contribution in [0.5, 0.6) is 0 Å². The van der Waals surface area contributed by atoms with Gasteiger partial charge in [0, 0.05) is 32.0 Å². The van der Waals surface area contributed by atoms with Crippen molar-refractivity contribution in [1.29, 1.82) is 0 Å². The van der Waals surface area contributed by atoms with Crippen LogP contribution in [0, 0.1) is 5.92 Å². The number of ether oxygens (including phenoxy) is 3. The molecule has 9 nitrogen and oxygen atoms in total. The molecule has 0 aromatic rings. The maximum absolute atomic E-state index is 12.4. The molecule has 0 bridgehead atoms. The number of amides is 2. The maximum atomic E-state index is 12.4. The molecule has 228 valence electrons. The van der Waals surface area contributed by atoms with E-state index < -0.39 is 5.92 Å². The molecule has 1 saturated carbocycles. The zero-order chi connectivity index (χ0) is 29.4. The molecule has 0 atom stereocenters. The van der Waals surface area contributed by atoms with Gasteiger partial charge in [-0.15, -0.1) is 0 Å². The summed E-state index contributed by atoms with van der Waals surface area (Å²) in [7, 11) is 0. The Morgan fingerprint density at radius 3 is 2.00 bits per heavy atom. The molecule has 0 radical (unpaired) electrons. The second-order valence-electron chi connectivity index (χ2n) is 12.3. The summed E-state index contributed by atoms with van der Waals surface area (Å²) in [6.07, 6.45) is 13.1. The Morgan fingerprint density at radius 1 is 0.775 bits per heavy atom. The highest BCUT2D eigenvalue weighted by Crippen LogP contribution is 2.21. The minimum absolute atomic E-state index is 0.0768. The molecule has 2 amide bonds. The van der Waals surface area contributed by atoms with E-state index in [4.69, 9.17) is 14.2 Å². The van der Waals surface area contributed by atoms with Crippen molar-refractivity contribution in [3.05, 3.63) is 12.2 Å². The number of carbonyl (C=O) groups is 4. The van der Waals surface area contributed by atoms with Gasteiger partial charge in [0.1, 0.15) is 0 Å². The van der Waals surface area contributed by atoms with E-state index in [0.29, 0.717) is 58.3 Å². The molecule has 1 fully saturated rings. The van der Waals surface area contributed by atoms with Crippen LogP contribution < -0.4 is 10.6 Å². The van der Waals surface area contributed by atoms with Gasteiger partial charge in [-0.3, -0.25) is 19.2 Å². The molecule has 2 N–H and O–H groups in total. The number of allylic oxidation sites excluding steroid dienone is 2. The fraction of sp³-hybridized carbons (Fsp3) is 0.806. The molecule has 0 aliphatic heterocycles. The highest BCUT2D eigenvalue weighted by atomic mass is 16.5. The Balaban J connectivity index is 1.49. The van der Waals surface area contributed by atoms with Crippen molar-refractivity contribution in [3.63, 3.8) is 0 Å². The van der Waals surface area contributed by atoms with Crippen molar-refractivity contribution in [2.45, 2.75) is 122 Å². The first-order valence-corrected chi connectivity index (χ1v) is 15.1. The SMILES string of the molecule is CC(C)(CCOCCNC(=O)CCC1C(=O)C=CC1=O)OCCC(C)(C)OCCC(=O)NC1CCCCCCC1. The standard InChI is InChI=1S/C31H52N2O7/c1-30(2,17-21-38-23-19-32-28(36)15-12-25-26(34)13-14-27(25)35)40-22-18-31(3,4)39-20-16-29(37)33-24-10-8-6-5-7-9-11-24/h13-14,24-25H,5-12,15-23H2,1-4H3,(H,32,36)(H,33,37). The molecular formula is C31H52N2O7. The van der Waals surface area contributed by atoms with Crippen LogP contribution in [0.3, 0.4) is 0 Å². The van der Waals surface area contributed by atoms with E-state index in [0.717, 1.165) is 12.8 Å². The minimum atomic E-state index is -0.701. The van der Waals surface area contributed by atoms with E-state index in [-0.39, 0.29) is 47.4 Å². The third-order valence-electron chi connectivity index (χ3n) is 7.66. The number of rotatable bonds is 18. The Bertz CT molecular complexity index is 827. The smallest absolute Gasteiger partial charge is 0.222 e. The molecule has 0 unspecified atom stereocenters. The van der Waals surface area contributed by atoms with Gasteiger partial charge in [-0.25, -0.2) is 0 Å². The summed E-state index contributed by atoms with van der Waals surface area (Å²) in [6, 6.07) is 0.310. The van der Waals surface area contributed by atoms with Gasteiger partial charge in [-0.1, -0.05) is 32.1 Å². The van der Waals surface area contributed by atoms with E-state index >= 15 is 0 Å². The lowest BCUT2D eigenvalue weighted by atomic mass is 9.96. The second kappa shape index (κ2) is 17.7. The number of hydrogen-bond acceptors (Lipinski definition) is 7. The summed E-state index contributed by atoms with van der Waals surface area (Å²) in [5.74, 6) is -1.26. The number of nitrogens with one attached hydrogen (secondary N) is 2. The van der Waals surface area contributed by atoms with Crippen molar-refractivity contribution < 1.29 is 33.4 Å². The summed E-state index contributed by atoms with van der Waals surface area (Å²) in [5.41, 5.74) is -0.759. The van der Waals surface area contributed by atoms with Gasteiger partial charge < -0.3 is 24.8 Å². The van der Waals surface area contributed by atoms with Gasteiger partial charge in [-0.05, 0) is 72.0 Å². The van der Waals surface area contributed by atoms with Crippen LogP contribution in [0.2, 0.25) is 0 Å². The monoisotopic (exact) mass is 564 g/mol. The minimum Gasteiger partial charge on any atom is -0.380 e. The summed E-state index contributed by atoms with van der Waals surface area (Å²) in [5, 5.41) is 5.95. The number of ketones is 2. The van der Waals surface area contributed by atoms with Crippen LogP contribution in [-0.2, 0) is 33.4 Å². The highest BCUT2D eigenvalue weighted by molar-refractivity contribution is 6.18. The third kappa shape index (κ3) is 14.5. The van der Waals surface area contributed by atoms with Crippen molar-refractivity contribution in [2.75, 3.05) is 33.0 Å². The quantitative estimate of drug-likeness (QED) is 0.189. The zero-order valence-electron chi connectivity index (χ0n) is 25.2. The predicted octanol–water partition coefficient (Wildman–Crippen LogP) is 4.21. The Morgan fingerprint density at radius 2 is 1.35 bits per heavy atom. The lowest BCUT2D eigenvalue weighted by molar-refractivity contribution is -0.127. The molecule has 0 aromatic carbocycles.